The number of hydrogen-bond acceptors (Lipinski definition) is 4. The number of rotatable bonds is 7. The van der Waals surface area contributed by atoms with Gasteiger partial charge in [0, 0.05) is 26.2 Å². The fourth-order valence-electron chi connectivity index (χ4n) is 2.99. The normalized spacial score (nSPS) is 25.5. The molecule has 2 fully saturated rings. The van der Waals surface area contributed by atoms with Gasteiger partial charge in [-0.3, -0.25) is 9.80 Å². The van der Waals surface area contributed by atoms with Crippen LogP contribution in [-0.4, -0.2) is 75.5 Å². The first-order valence-electron chi connectivity index (χ1n) is 8.36. The van der Waals surface area contributed by atoms with Crippen molar-refractivity contribution in [3.8, 4) is 0 Å². The van der Waals surface area contributed by atoms with Crippen LogP contribution < -0.4 is 0 Å². The van der Waals surface area contributed by atoms with Gasteiger partial charge in [-0.25, -0.2) is 0 Å². The van der Waals surface area contributed by atoms with Crippen LogP contribution in [0.2, 0.25) is 0 Å². The maximum Gasteiger partial charge on any atom is 0.0594 e. The van der Waals surface area contributed by atoms with Gasteiger partial charge in [0.1, 0.15) is 0 Å². The quantitative estimate of drug-likeness (QED) is 0.710. The molecule has 2 unspecified atom stereocenters. The van der Waals surface area contributed by atoms with E-state index >= 15 is 0 Å². The third-order valence-corrected chi connectivity index (χ3v) is 4.98. The van der Waals surface area contributed by atoms with Gasteiger partial charge in [-0.15, -0.1) is 0 Å². The van der Waals surface area contributed by atoms with Crippen LogP contribution in [0.4, 0.5) is 0 Å². The Kier molecular flexibility index (Phi) is 7.28. The molecule has 0 aromatic heterocycles. The van der Waals surface area contributed by atoms with Gasteiger partial charge in [-0.05, 0) is 37.8 Å². The van der Waals surface area contributed by atoms with E-state index < -0.39 is 0 Å². The SMILES string of the molecule is CC(CCN1CCOCC1)C(C)CCN1CCOCC1. The Labute approximate surface area is 124 Å². The minimum atomic E-state index is 0.818. The number of hydrogen-bond donors (Lipinski definition) is 0. The lowest BCUT2D eigenvalue weighted by atomic mass is 9.89. The van der Waals surface area contributed by atoms with Gasteiger partial charge in [0.2, 0.25) is 0 Å². The fraction of sp³-hybridized carbons (Fsp3) is 1.00. The summed E-state index contributed by atoms with van der Waals surface area (Å²) in [7, 11) is 0. The minimum Gasteiger partial charge on any atom is -0.379 e. The molecule has 0 aliphatic carbocycles. The maximum absolute atomic E-state index is 5.40. The Bertz CT molecular complexity index is 225. The molecule has 0 bridgehead atoms. The largest absolute Gasteiger partial charge is 0.379 e. The van der Waals surface area contributed by atoms with Gasteiger partial charge in [-0.1, -0.05) is 13.8 Å². The zero-order valence-electron chi connectivity index (χ0n) is 13.4. The summed E-state index contributed by atoms with van der Waals surface area (Å²) in [4.78, 5) is 5.10. The van der Waals surface area contributed by atoms with E-state index in [9.17, 15) is 0 Å². The topological polar surface area (TPSA) is 24.9 Å². The highest BCUT2D eigenvalue weighted by molar-refractivity contribution is 4.70. The lowest BCUT2D eigenvalue weighted by Crippen LogP contribution is -2.38. The predicted molar refractivity (Wildman–Crippen MR) is 82.1 cm³/mol. The van der Waals surface area contributed by atoms with E-state index in [1.54, 1.807) is 0 Å². The zero-order chi connectivity index (χ0) is 14.2. The number of morpholine rings is 2. The van der Waals surface area contributed by atoms with Gasteiger partial charge < -0.3 is 9.47 Å². The van der Waals surface area contributed by atoms with Crippen molar-refractivity contribution in [2.45, 2.75) is 26.7 Å². The molecule has 0 saturated carbocycles. The summed E-state index contributed by atoms with van der Waals surface area (Å²) in [5.74, 6) is 1.64. The van der Waals surface area contributed by atoms with E-state index in [1.165, 1.54) is 25.9 Å². The first kappa shape index (κ1) is 16.2. The maximum atomic E-state index is 5.40. The molecule has 2 aliphatic heterocycles. The van der Waals surface area contributed by atoms with Crippen LogP contribution in [0.25, 0.3) is 0 Å². The third kappa shape index (κ3) is 5.68. The van der Waals surface area contributed by atoms with Crippen molar-refractivity contribution in [1.82, 2.24) is 9.80 Å². The molecule has 0 N–H and O–H groups in total. The first-order chi connectivity index (χ1) is 9.75. The standard InChI is InChI=1S/C16H32N2O2/c1-15(3-5-17-7-11-19-12-8-17)16(2)4-6-18-9-13-20-14-10-18/h15-16H,3-14H2,1-2H3. The van der Waals surface area contributed by atoms with Crippen molar-refractivity contribution in [1.29, 1.82) is 0 Å². The molecule has 0 aromatic rings. The number of nitrogens with zero attached hydrogens (tertiary/aromatic N) is 2. The van der Waals surface area contributed by atoms with E-state index in [0.29, 0.717) is 0 Å². The van der Waals surface area contributed by atoms with Crippen LogP contribution >= 0.6 is 0 Å². The Morgan fingerprint density at radius 1 is 0.700 bits per heavy atom. The molecule has 0 aromatic carbocycles. The molecule has 2 atom stereocenters. The van der Waals surface area contributed by atoms with Crippen LogP contribution in [-0.2, 0) is 9.47 Å². The molecule has 4 heteroatoms. The Hall–Kier alpha value is -0.160. The third-order valence-electron chi connectivity index (χ3n) is 4.98. The molecule has 2 rings (SSSR count). The summed E-state index contributed by atoms with van der Waals surface area (Å²) in [6, 6.07) is 0. The zero-order valence-corrected chi connectivity index (χ0v) is 13.4. The van der Waals surface area contributed by atoms with E-state index in [0.717, 1.165) is 64.4 Å². The van der Waals surface area contributed by atoms with Crippen LogP contribution in [0.5, 0.6) is 0 Å². The first-order valence-corrected chi connectivity index (χ1v) is 8.36. The van der Waals surface area contributed by atoms with E-state index in [4.69, 9.17) is 9.47 Å². The van der Waals surface area contributed by atoms with Gasteiger partial charge in [-0.2, -0.15) is 0 Å². The molecule has 2 aliphatic rings. The molecule has 4 nitrogen and oxygen atoms in total. The highest BCUT2D eigenvalue weighted by atomic mass is 16.5. The molecule has 2 saturated heterocycles. The average molecular weight is 284 g/mol. The monoisotopic (exact) mass is 284 g/mol. The van der Waals surface area contributed by atoms with Crippen molar-refractivity contribution in [3.63, 3.8) is 0 Å². The second kappa shape index (κ2) is 8.98. The van der Waals surface area contributed by atoms with Gasteiger partial charge in [0.05, 0.1) is 26.4 Å². The van der Waals surface area contributed by atoms with Crippen molar-refractivity contribution in [2.24, 2.45) is 11.8 Å². The Balaban J connectivity index is 1.57. The predicted octanol–water partition coefficient (Wildman–Crippen LogP) is 1.70. The Morgan fingerprint density at radius 3 is 1.40 bits per heavy atom. The van der Waals surface area contributed by atoms with E-state index in [-0.39, 0.29) is 0 Å². The van der Waals surface area contributed by atoms with E-state index in [2.05, 4.69) is 23.6 Å². The molecular formula is C16H32N2O2. The lowest BCUT2D eigenvalue weighted by molar-refractivity contribution is 0.0307. The van der Waals surface area contributed by atoms with Gasteiger partial charge >= 0.3 is 0 Å². The molecule has 2 heterocycles. The van der Waals surface area contributed by atoms with Crippen LogP contribution in [0.1, 0.15) is 26.7 Å². The van der Waals surface area contributed by atoms with Crippen molar-refractivity contribution in [3.05, 3.63) is 0 Å². The highest BCUT2D eigenvalue weighted by Gasteiger charge is 2.17. The molecule has 0 radical (unpaired) electrons. The van der Waals surface area contributed by atoms with Crippen LogP contribution in [0.15, 0.2) is 0 Å². The molecule has 118 valence electrons. The lowest BCUT2D eigenvalue weighted by Gasteiger charge is -2.31. The van der Waals surface area contributed by atoms with Crippen LogP contribution in [0.3, 0.4) is 0 Å². The molecule has 0 spiro atoms. The van der Waals surface area contributed by atoms with Crippen molar-refractivity contribution >= 4 is 0 Å². The summed E-state index contributed by atoms with van der Waals surface area (Å²) in [5.41, 5.74) is 0. The number of ether oxygens (including phenoxy) is 2. The van der Waals surface area contributed by atoms with Crippen molar-refractivity contribution < 1.29 is 9.47 Å². The fourth-order valence-corrected chi connectivity index (χ4v) is 2.99. The van der Waals surface area contributed by atoms with Gasteiger partial charge in [0.15, 0.2) is 0 Å². The highest BCUT2D eigenvalue weighted by Crippen LogP contribution is 2.20. The second-order valence-corrected chi connectivity index (χ2v) is 6.44. The summed E-state index contributed by atoms with van der Waals surface area (Å²) < 4.78 is 10.8. The summed E-state index contributed by atoms with van der Waals surface area (Å²) in [5, 5.41) is 0. The second-order valence-electron chi connectivity index (χ2n) is 6.44. The van der Waals surface area contributed by atoms with Gasteiger partial charge in [0.25, 0.3) is 0 Å². The smallest absolute Gasteiger partial charge is 0.0594 e. The Morgan fingerprint density at radius 2 is 1.05 bits per heavy atom. The van der Waals surface area contributed by atoms with Crippen molar-refractivity contribution in [2.75, 3.05) is 65.7 Å². The summed E-state index contributed by atoms with van der Waals surface area (Å²) in [6.45, 7) is 15.5. The average Bonchev–Trinajstić information content (AvgIpc) is 2.52. The molecule has 0 amide bonds. The molecule has 20 heavy (non-hydrogen) atoms. The van der Waals surface area contributed by atoms with Crippen LogP contribution in [0, 0.1) is 11.8 Å². The minimum absolute atomic E-state index is 0.818. The summed E-state index contributed by atoms with van der Waals surface area (Å²) in [6.07, 6.45) is 2.65. The molecular weight excluding hydrogens is 252 g/mol. The summed E-state index contributed by atoms with van der Waals surface area (Å²) >= 11 is 0. The van der Waals surface area contributed by atoms with E-state index in [1.807, 2.05) is 0 Å².